The van der Waals surface area contributed by atoms with Crippen LogP contribution in [-0.2, 0) is 24.0 Å². The molecule has 24 heavy (non-hydrogen) atoms. The van der Waals surface area contributed by atoms with Gasteiger partial charge in [0.15, 0.2) is 0 Å². The van der Waals surface area contributed by atoms with Gasteiger partial charge in [-0.05, 0) is 6.42 Å². The summed E-state index contributed by atoms with van der Waals surface area (Å²) in [7, 11) is 0. The highest BCUT2D eigenvalue weighted by molar-refractivity contribution is 7.80. The molecule has 2 unspecified atom stereocenters. The molecule has 0 heterocycles. The van der Waals surface area contributed by atoms with Crippen molar-refractivity contribution in [2.45, 2.75) is 24.9 Å². The van der Waals surface area contributed by atoms with Gasteiger partial charge < -0.3 is 32.5 Å². The van der Waals surface area contributed by atoms with Gasteiger partial charge in [0.1, 0.15) is 12.6 Å². The number of carbonyl (C=O) groups is 5. The average molecular weight is 363 g/mol. The Morgan fingerprint density at radius 2 is 1.62 bits per heavy atom. The highest BCUT2D eigenvalue weighted by Crippen LogP contribution is 1.97. The van der Waals surface area contributed by atoms with Crippen LogP contribution in [0.4, 0.5) is 0 Å². The quantitative estimate of drug-likeness (QED) is 0.183. The molecule has 136 valence electrons. The molecule has 0 aliphatic carbocycles. The lowest BCUT2D eigenvalue weighted by Gasteiger charge is -2.18. The standard InChI is InChI=1S/C12H21N5O6S/c13-6(5-24)11(22)15-3-9(19)17-7(1-2-8(14)18)12(23)16-4-10(20)21/h6-7,24H,1-5,13H2,(H2,14,18)(H,15,22)(H,16,23)(H,17,19)(H,20,21). The average Bonchev–Trinajstić information content (AvgIpc) is 2.52. The smallest absolute Gasteiger partial charge is 0.322 e. The van der Waals surface area contributed by atoms with E-state index in [9.17, 15) is 24.0 Å². The van der Waals surface area contributed by atoms with E-state index < -0.39 is 54.8 Å². The fraction of sp³-hybridized carbons (Fsp3) is 0.583. The number of carboxylic acids is 1. The lowest BCUT2D eigenvalue weighted by Crippen LogP contribution is -2.51. The molecule has 0 aromatic heterocycles. The fourth-order valence-corrected chi connectivity index (χ4v) is 1.63. The second-order valence-corrected chi connectivity index (χ2v) is 5.11. The number of amides is 4. The first kappa shape index (κ1) is 21.7. The molecular formula is C12H21N5O6S. The Morgan fingerprint density at radius 1 is 1.04 bits per heavy atom. The molecule has 0 aliphatic rings. The van der Waals surface area contributed by atoms with Gasteiger partial charge in [-0.1, -0.05) is 0 Å². The Bertz CT molecular complexity index is 500. The normalized spacial score (nSPS) is 12.6. The molecule has 8 N–H and O–H groups in total. The van der Waals surface area contributed by atoms with Gasteiger partial charge in [-0.15, -0.1) is 0 Å². The van der Waals surface area contributed by atoms with Gasteiger partial charge in [0, 0.05) is 12.2 Å². The summed E-state index contributed by atoms with van der Waals surface area (Å²) in [4.78, 5) is 56.3. The first-order valence-electron chi connectivity index (χ1n) is 6.88. The molecule has 0 aliphatic heterocycles. The molecule has 0 fully saturated rings. The van der Waals surface area contributed by atoms with Gasteiger partial charge in [-0.3, -0.25) is 24.0 Å². The van der Waals surface area contributed by atoms with Gasteiger partial charge in [-0.25, -0.2) is 0 Å². The van der Waals surface area contributed by atoms with Gasteiger partial charge in [0.25, 0.3) is 0 Å². The van der Waals surface area contributed by atoms with Crippen LogP contribution in [0, 0.1) is 0 Å². The number of nitrogens with two attached hydrogens (primary N) is 2. The predicted octanol–water partition coefficient (Wildman–Crippen LogP) is -3.69. The monoisotopic (exact) mass is 363 g/mol. The Labute approximate surface area is 143 Å². The third-order valence-corrected chi connectivity index (χ3v) is 3.10. The highest BCUT2D eigenvalue weighted by Gasteiger charge is 2.22. The maximum Gasteiger partial charge on any atom is 0.322 e. The Morgan fingerprint density at radius 3 is 2.12 bits per heavy atom. The van der Waals surface area contributed by atoms with E-state index in [1.807, 2.05) is 0 Å². The molecule has 2 atom stereocenters. The number of nitrogens with one attached hydrogen (secondary N) is 3. The molecule has 0 radical (unpaired) electrons. The second-order valence-electron chi connectivity index (χ2n) is 4.74. The number of hydrogen-bond donors (Lipinski definition) is 7. The van der Waals surface area contributed by atoms with Crippen molar-refractivity contribution in [3.8, 4) is 0 Å². The van der Waals surface area contributed by atoms with Crippen molar-refractivity contribution in [2.75, 3.05) is 18.8 Å². The topological polar surface area (TPSA) is 194 Å². The second kappa shape index (κ2) is 11.2. The SMILES string of the molecule is NC(=O)CCC(NC(=O)CNC(=O)C(N)CS)C(=O)NCC(=O)O. The summed E-state index contributed by atoms with van der Waals surface area (Å²) in [6.45, 7) is -1.09. The van der Waals surface area contributed by atoms with Crippen molar-refractivity contribution < 1.29 is 29.1 Å². The van der Waals surface area contributed by atoms with E-state index in [4.69, 9.17) is 16.6 Å². The van der Waals surface area contributed by atoms with Crippen LogP contribution >= 0.6 is 12.6 Å². The zero-order valence-electron chi connectivity index (χ0n) is 12.8. The summed E-state index contributed by atoms with van der Waals surface area (Å²) in [5.74, 6) is -3.96. The van der Waals surface area contributed by atoms with E-state index in [0.717, 1.165) is 0 Å². The van der Waals surface area contributed by atoms with Crippen molar-refractivity contribution in [3.63, 3.8) is 0 Å². The van der Waals surface area contributed by atoms with E-state index >= 15 is 0 Å². The zero-order valence-corrected chi connectivity index (χ0v) is 13.7. The minimum Gasteiger partial charge on any atom is -0.480 e. The molecule has 0 aromatic carbocycles. The van der Waals surface area contributed by atoms with Crippen LogP contribution in [0.15, 0.2) is 0 Å². The Hall–Kier alpha value is -2.34. The van der Waals surface area contributed by atoms with Crippen LogP contribution < -0.4 is 27.4 Å². The van der Waals surface area contributed by atoms with Gasteiger partial charge in [0.2, 0.25) is 23.6 Å². The van der Waals surface area contributed by atoms with E-state index in [1.165, 1.54) is 0 Å². The molecule has 12 heteroatoms. The van der Waals surface area contributed by atoms with E-state index in [1.54, 1.807) is 0 Å². The minimum atomic E-state index is -1.27. The molecule has 0 saturated heterocycles. The van der Waals surface area contributed by atoms with Gasteiger partial charge >= 0.3 is 5.97 Å². The van der Waals surface area contributed by atoms with Crippen LogP contribution in [0.2, 0.25) is 0 Å². The predicted molar refractivity (Wildman–Crippen MR) is 85.8 cm³/mol. The third kappa shape index (κ3) is 9.63. The first-order chi connectivity index (χ1) is 11.2. The lowest BCUT2D eigenvalue weighted by atomic mass is 10.1. The van der Waals surface area contributed by atoms with E-state index in [2.05, 4.69) is 28.6 Å². The van der Waals surface area contributed by atoms with Gasteiger partial charge in [-0.2, -0.15) is 12.6 Å². The van der Waals surface area contributed by atoms with Crippen molar-refractivity contribution in [1.82, 2.24) is 16.0 Å². The summed E-state index contributed by atoms with van der Waals surface area (Å²) in [6.07, 6.45) is -0.307. The number of rotatable bonds is 11. The van der Waals surface area contributed by atoms with E-state index in [0.29, 0.717) is 0 Å². The first-order valence-corrected chi connectivity index (χ1v) is 7.52. The summed E-state index contributed by atoms with van der Waals surface area (Å²) in [5.41, 5.74) is 10.4. The number of hydrogen-bond acceptors (Lipinski definition) is 7. The molecule has 11 nitrogen and oxygen atoms in total. The highest BCUT2D eigenvalue weighted by atomic mass is 32.1. The maximum absolute atomic E-state index is 11.8. The van der Waals surface area contributed by atoms with Crippen molar-refractivity contribution in [2.24, 2.45) is 11.5 Å². The fourth-order valence-electron chi connectivity index (χ4n) is 1.47. The number of aliphatic carboxylic acids is 1. The Balaban J connectivity index is 4.58. The summed E-state index contributed by atoms with van der Waals surface area (Å²) < 4.78 is 0. The largest absolute Gasteiger partial charge is 0.480 e. The van der Waals surface area contributed by atoms with Crippen LogP contribution in [0.3, 0.4) is 0 Å². The molecule has 0 spiro atoms. The molecule has 0 bridgehead atoms. The molecule has 0 saturated carbocycles. The summed E-state index contributed by atoms with van der Waals surface area (Å²) in [5, 5.41) is 15.1. The molecule has 0 rings (SSSR count). The molecule has 0 aromatic rings. The Kier molecular flexibility index (Phi) is 10.1. The third-order valence-electron chi connectivity index (χ3n) is 2.70. The van der Waals surface area contributed by atoms with Crippen molar-refractivity contribution >= 4 is 42.2 Å². The van der Waals surface area contributed by atoms with Crippen LogP contribution in [0.1, 0.15) is 12.8 Å². The number of primary amides is 1. The van der Waals surface area contributed by atoms with E-state index in [-0.39, 0.29) is 18.6 Å². The lowest BCUT2D eigenvalue weighted by molar-refractivity contribution is -0.138. The molecular weight excluding hydrogens is 342 g/mol. The number of thiol groups is 1. The maximum atomic E-state index is 11.8. The summed E-state index contributed by atoms with van der Waals surface area (Å²) >= 11 is 3.84. The van der Waals surface area contributed by atoms with Crippen LogP contribution in [-0.4, -0.2) is 65.6 Å². The molecule has 4 amide bonds. The van der Waals surface area contributed by atoms with Crippen molar-refractivity contribution in [1.29, 1.82) is 0 Å². The van der Waals surface area contributed by atoms with Gasteiger partial charge in [0.05, 0.1) is 12.6 Å². The van der Waals surface area contributed by atoms with Crippen molar-refractivity contribution in [3.05, 3.63) is 0 Å². The number of carbonyl (C=O) groups excluding carboxylic acids is 4. The summed E-state index contributed by atoms with van der Waals surface area (Å²) in [6, 6.07) is -2.05. The zero-order chi connectivity index (χ0) is 18.7. The van der Waals surface area contributed by atoms with Crippen LogP contribution in [0.25, 0.3) is 0 Å². The number of carboxylic acid groups (broad SMARTS) is 1. The van der Waals surface area contributed by atoms with Crippen LogP contribution in [0.5, 0.6) is 0 Å². The minimum absolute atomic E-state index is 0.0896.